The number of rotatable bonds is 2. The second-order valence-electron chi connectivity index (χ2n) is 3.60. The molecule has 3 nitrogen and oxygen atoms in total. The molecule has 1 heterocycles. The summed E-state index contributed by atoms with van der Waals surface area (Å²) in [6.07, 6.45) is 2.74. The van der Waals surface area contributed by atoms with E-state index in [-0.39, 0.29) is 0 Å². The van der Waals surface area contributed by atoms with Crippen molar-refractivity contribution in [2.45, 2.75) is 31.4 Å². The highest BCUT2D eigenvalue weighted by Crippen LogP contribution is 2.39. The van der Waals surface area contributed by atoms with Crippen LogP contribution in [0, 0.1) is 0 Å². The van der Waals surface area contributed by atoms with Gasteiger partial charge in [-0.2, -0.15) is 0 Å². The van der Waals surface area contributed by atoms with Crippen molar-refractivity contribution in [1.82, 2.24) is 4.98 Å². The fourth-order valence-corrected chi connectivity index (χ4v) is 1.62. The molecule has 3 heteroatoms. The van der Waals surface area contributed by atoms with Crippen LogP contribution in [0.25, 0.3) is 0 Å². The van der Waals surface area contributed by atoms with E-state index in [2.05, 4.69) is 4.98 Å². The van der Waals surface area contributed by atoms with E-state index in [9.17, 15) is 5.11 Å². The van der Waals surface area contributed by atoms with Crippen molar-refractivity contribution in [3.63, 3.8) is 0 Å². The molecular formula is C10H14N2O. The molecule has 2 rings (SSSR count). The first-order valence-corrected chi connectivity index (χ1v) is 4.63. The second kappa shape index (κ2) is 3.09. The molecule has 0 aliphatic heterocycles. The molecule has 1 aliphatic rings. The fourth-order valence-electron chi connectivity index (χ4n) is 1.62. The van der Waals surface area contributed by atoms with Gasteiger partial charge in [-0.25, -0.2) is 0 Å². The van der Waals surface area contributed by atoms with Crippen LogP contribution in [0.5, 0.6) is 0 Å². The summed E-state index contributed by atoms with van der Waals surface area (Å²) in [5.74, 6) is 0. The second-order valence-corrected chi connectivity index (χ2v) is 3.60. The summed E-state index contributed by atoms with van der Waals surface area (Å²) in [5.41, 5.74) is 6.44. The lowest BCUT2D eigenvalue weighted by molar-refractivity contribution is -0.0427. The van der Waals surface area contributed by atoms with Gasteiger partial charge >= 0.3 is 0 Å². The molecule has 1 aliphatic carbocycles. The maximum atomic E-state index is 10.00. The molecule has 0 saturated heterocycles. The van der Waals surface area contributed by atoms with Crippen molar-refractivity contribution in [2.75, 3.05) is 0 Å². The molecule has 1 aromatic heterocycles. The van der Waals surface area contributed by atoms with Crippen molar-refractivity contribution in [3.8, 4) is 0 Å². The third-order valence-electron chi connectivity index (χ3n) is 2.67. The average molecular weight is 178 g/mol. The van der Waals surface area contributed by atoms with Crippen LogP contribution in [-0.2, 0) is 12.1 Å². The van der Waals surface area contributed by atoms with Gasteiger partial charge in [0, 0.05) is 6.54 Å². The SMILES string of the molecule is NCc1cccc(C2(O)CCC2)n1. The smallest absolute Gasteiger partial charge is 0.106 e. The Labute approximate surface area is 77.6 Å². The Kier molecular flexibility index (Phi) is 2.06. The largest absolute Gasteiger partial charge is 0.384 e. The minimum Gasteiger partial charge on any atom is -0.384 e. The molecule has 1 saturated carbocycles. The molecule has 70 valence electrons. The first-order valence-electron chi connectivity index (χ1n) is 4.63. The maximum absolute atomic E-state index is 10.00. The minimum absolute atomic E-state index is 0.434. The molecule has 3 N–H and O–H groups in total. The monoisotopic (exact) mass is 178 g/mol. The fraction of sp³-hybridized carbons (Fsp3) is 0.500. The van der Waals surface area contributed by atoms with Gasteiger partial charge in [-0.05, 0) is 31.4 Å². The van der Waals surface area contributed by atoms with Crippen molar-refractivity contribution in [3.05, 3.63) is 29.6 Å². The third kappa shape index (κ3) is 1.45. The highest BCUT2D eigenvalue weighted by molar-refractivity contribution is 5.19. The van der Waals surface area contributed by atoms with Crippen LogP contribution in [-0.4, -0.2) is 10.1 Å². The molecule has 0 radical (unpaired) electrons. The first-order chi connectivity index (χ1) is 6.24. The number of pyridine rings is 1. The zero-order valence-corrected chi connectivity index (χ0v) is 7.53. The van der Waals surface area contributed by atoms with E-state index in [0.29, 0.717) is 6.54 Å². The van der Waals surface area contributed by atoms with E-state index in [0.717, 1.165) is 30.7 Å². The van der Waals surface area contributed by atoms with E-state index in [1.54, 1.807) is 0 Å². The Hall–Kier alpha value is -0.930. The van der Waals surface area contributed by atoms with E-state index in [4.69, 9.17) is 5.73 Å². The van der Waals surface area contributed by atoms with Gasteiger partial charge in [-0.1, -0.05) is 6.07 Å². The summed E-state index contributed by atoms with van der Waals surface area (Å²) in [6, 6.07) is 5.66. The van der Waals surface area contributed by atoms with Crippen molar-refractivity contribution in [2.24, 2.45) is 5.73 Å². The molecule has 0 spiro atoms. The lowest BCUT2D eigenvalue weighted by Crippen LogP contribution is -2.34. The van der Waals surface area contributed by atoms with Gasteiger partial charge in [-0.15, -0.1) is 0 Å². The van der Waals surface area contributed by atoms with Crippen molar-refractivity contribution >= 4 is 0 Å². The summed E-state index contributed by atoms with van der Waals surface area (Å²) < 4.78 is 0. The highest BCUT2D eigenvalue weighted by atomic mass is 16.3. The number of aromatic nitrogens is 1. The summed E-state index contributed by atoms with van der Waals surface area (Å²) in [7, 11) is 0. The Morgan fingerprint density at radius 2 is 2.23 bits per heavy atom. The number of hydrogen-bond acceptors (Lipinski definition) is 3. The summed E-state index contributed by atoms with van der Waals surface area (Å²) in [6.45, 7) is 0.434. The van der Waals surface area contributed by atoms with Crippen molar-refractivity contribution in [1.29, 1.82) is 0 Å². The van der Waals surface area contributed by atoms with E-state index < -0.39 is 5.60 Å². The number of hydrogen-bond donors (Lipinski definition) is 2. The van der Waals surface area contributed by atoms with E-state index in [1.165, 1.54) is 0 Å². The zero-order valence-electron chi connectivity index (χ0n) is 7.53. The van der Waals surface area contributed by atoms with Crippen molar-refractivity contribution < 1.29 is 5.11 Å². The third-order valence-corrected chi connectivity index (χ3v) is 2.67. The van der Waals surface area contributed by atoms with Gasteiger partial charge in [0.15, 0.2) is 0 Å². The standard InChI is InChI=1S/C10H14N2O/c11-7-8-3-1-4-9(12-8)10(13)5-2-6-10/h1,3-4,13H,2,5-7,11H2. The van der Waals surface area contributed by atoms with Gasteiger partial charge in [0.25, 0.3) is 0 Å². The Bertz CT molecular complexity index is 308. The molecule has 0 bridgehead atoms. The molecule has 0 aromatic carbocycles. The topological polar surface area (TPSA) is 59.1 Å². The molecule has 1 aromatic rings. The Morgan fingerprint density at radius 1 is 1.46 bits per heavy atom. The minimum atomic E-state index is -0.662. The summed E-state index contributed by atoms with van der Waals surface area (Å²) in [4.78, 5) is 4.31. The molecule has 13 heavy (non-hydrogen) atoms. The van der Waals surface area contributed by atoms with Crippen LogP contribution in [0.3, 0.4) is 0 Å². The van der Waals surface area contributed by atoms with E-state index in [1.807, 2.05) is 18.2 Å². The maximum Gasteiger partial charge on any atom is 0.106 e. The van der Waals surface area contributed by atoms with Crippen LogP contribution < -0.4 is 5.73 Å². The molecule has 0 amide bonds. The molecule has 0 atom stereocenters. The summed E-state index contributed by atoms with van der Waals surface area (Å²) in [5, 5.41) is 10.00. The van der Waals surface area contributed by atoms with Crippen LogP contribution in [0.4, 0.5) is 0 Å². The molecule has 1 fully saturated rings. The normalized spacial score (nSPS) is 19.5. The van der Waals surface area contributed by atoms with E-state index >= 15 is 0 Å². The first kappa shape index (κ1) is 8.66. The van der Waals surface area contributed by atoms with Gasteiger partial charge in [0.05, 0.1) is 11.4 Å². The lowest BCUT2D eigenvalue weighted by atomic mass is 9.77. The molecule has 0 unspecified atom stereocenters. The van der Waals surface area contributed by atoms with Gasteiger partial charge < -0.3 is 10.8 Å². The Morgan fingerprint density at radius 3 is 2.77 bits per heavy atom. The molecular weight excluding hydrogens is 164 g/mol. The average Bonchev–Trinajstić information content (AvgIpc) is 2.14. The van der Waals surface area contributed by atoms with Gasteiger partial charge in [0.2, 0.25) is 0 Å². The van der Waals surface area contributed by atoms with Crippen LogP contribution in [0.1, 0.15) is 30.7 Å². The number of nitrogens with two attached hydrogens (primary N) is 1. The highest BCUT2D eigenvalue weighted by Gasteiger charge is 2.37. The lowest BCUT2D eigenvalue weighted by Gasteiger charge is -2.36. The zero-order chi connectivity index (χ0) is 9.31. The predicted molar refractivity (Wildman–Crippen MR) is 49.9 cm³/mol. The van der Waals surface area contributed by atoms with Gasteiger partial charge in [-0.3, -0.25) is 4.98 Å². The van der Waals surface area contributed by atoms with Crippen LogP contribution in [0.2, 0.25) is 0 Å². The van der Waals surface area contributed by atoms with Gasteiger partial charge in [0.1, 0.15) is 5.60 Å². The summed E-state index contributed by atoms with van der Waals surface area (Å²) >= 11 is 0. The number of nitrogens with zero attached hydrogens (tertiary/aromatic N) is 1. The Balaban J connectivity index is 2.29. The predicted octanol–water partition coefficient (Wildman–Crippen LogP) is 0.912. The number of aliphatic hydroxyl groups is 1. The van der Waals surface area contributed by atoms with Crippen LogP contribution >= 0.6 is 0 Å². The van der Waals surface area contributed by atoms with Crippen LogP contribution in [0.15, 0.2) is 18.2 Å². The quantitative estimate of drug-likeness (QED) is 0.707.